The molecule has 0 aliphatic carbocycles. The molecule has 0 unspecified atom stereocenters. The molecule has 5 nitrogen and oxygen atoms in total. The maximum Gasteiger partial charge on any atom is 0.338 e. The van der Waals surface area contributed by atoms with Crippen LogP contribution < -0.4 is 0 Å². The van der Waals surface area contributed by atoms with Crippen LogP contribution in [0.5, 0.6) is 5.75 Å². The van der Waals surface area contributed by atoms with E-state index >= 15 is 0 Å². The summed E-state index contributed by atoms with van der Waals surface area (Å²) in [5.41, 5.74) is 0.615. The van der Waals surface area contributed by atoms with Crippen molar-refractivity contribution >= 4 is 11.9 Å². The highest BCUT2D eigenvalue weighted by atomic mass is 16.5. The summed E-state index contributed by atoms with van der Waals surface area (Å²) >= 11 is 0. The fourth-order valence-electron chi connectivity index (χ4n) is 1.26. The number of benzene rings is 1. The minimum atomic E-state index is -0.557. The molecule has 0 atom stereocenters. The van der Waals surface area contributed by atoms with Crippen molar-refractivity contribution in [2.45, 2.75) is 6.42 Å². The van der Waals surface area contributed by atoms with E-state index in [2.05, 4.69) is 9.47 Å². The summed E-state index contributed by atoms with van der Waals surface area (Å²) in [5, 5.41) is 9.27. The molecule has 0 spiro atoms. The number of aromatic hydroxyl groups is 1. The molecule has 0 fully saturated rings. The first-order valence-electron chi connectivity index (χ1n) is 4.55. The number of carbonyl (C=O) groups is 2. The lowest BCUT2D eigenvalue weighted by Gasteiger charge is -2.07. The standard InChI is InChI=1S/C11H12O5/c1-15-10(13)6-7-5-8(12)3-4-9(7)11(14)16-2/h3-5,12H,6H2,1-2H3. The molecule has 0 aromatic heterocycles. The van der Waals surface area contributed by atoms with Gasteiger partial charge in [-0.3, -0.25) is 4.79 Å². The molecule has 0 aliphatic rings. The van der Waals surface area contributed by atoms with Gasteiger partial charge in [-0.25, -0.2) is 4.79 Å². The third-order valence-corrected chi connectivity index (χ3v) is 2.06. The van der Waals surface area contributed by atoms with Crippen LogP contribution in [0.4, 0.5) is 0 Å². The summed E-state index contributed by atoms with van der Waals surface area (Å²) < 4.78 is 9.05. The molecular formula is C11H12O5. The van der Waals surface area contributed by atoms with Crippen molar-refractivity contribution in [2.24, 2.45) is 0 Å². The predicted octanol–water partition coefficient (Wildman–Crippen LogP) is 0.894. The molecule has 86 valence electrons. The van der Waals surface area contributed by atoms with Crippen LogP contribution in [0.2, 0.25) is 0 Å². The van der Waals surface area contributed by atoms with Crippen LogP contribution in [-0.4, -0.2) is 31.3 Å². The van der Waals surface area contributed by atoms with Crippen LogP contribution in [-0.2, 0) is 20.7 Å². The summed E-state index contributed by atoms with van der Waals surface area (Å²) in [7, 11) is 2.50. The van der Waals surface area contributed by atoms with Gasteiger partial charge in [0.1, 0.15) is 5.75 Å². The van der Waals surface area contributed by atoms with E-state index in [1.54, 1.807) is 0 Å². The average molecular weight is 224 g/mol. The van der Waals surface area contributed by atoms with E-state index < -0.39 is 11.9 Å². The van der Waals surface area contributed by atoms with Crippen molar-refractivity contribution in [1.82, 2.24) is 0 Å². The Kier molecular flexibility index (Phi) is 3.88. The SMILES string of the molecule is COC(=O)Cc1cc(O)ccc1C(=O)OC. The molecule has 1 rings (SSSR count). The maximum absolute atomic E-state index is 11.4. The predicted molar refractivity (Wildman–Crippen MR) is 55.2 cm³/mol. The zero-order chi connectivity index (χ0) is 12.1. The summed E-state index contributed by atoms with van der Waals surface area (Å²) in [5.74, 6) is -1.07. The highest BCUT2D eigenvalue weighted by Crippen LogP contribution is 2.18. The Morgan fingerprint density at radius 1 is 1.25 bits per heavy atom. The second-order valence-electron chi connectivity index (χ2n) is 3.09. The van der Waals surface area contributed by atoms with E-state index in [1.807, 2.05) is 0 Å². The number of methoxy groups -OCH3 is 2. The van der Waals surface area contributed by atoms with E-state index in [1.165, 1.54) is 32.4 Å². The van der Waals surface area contributed by atoms with Gasteiger partial charge in [-0.15, -0.1) is 0 Å². The van der Waals surface area contributed by atoms with Gasteiger partial charge in [0.2, 0.25) is 0 Å². The van der Waals surface area contributed by atoms with E-state index in [4.69, 9.17) is 0 Å². The summed E-state index contributed by atoms with van der Waals surface area (Å²) in [6.45, 7) is 0. The number of ether oxygens (including phenoxy) is 2. The van der Waals surface area contributed by atoms with Gasteiger partial charge < -0.3 is 14.6 Å². The summed E-state index contributed by atoms with van der Waals surface area (Å²) in [6.07, 6.45) is -0.0880. The molecule has 1 aromatic rings. The van der Waals surface area contributed by atoms with E-state index in [9.17, 15) is 14.7 Å². The van der Waals surface area contributed by atoms with Gasteiger partial charge >= 0.3 is 11.9 Å². The van der Waals surface area contributed by atoms with Crippen LogP contribution in [0, 0.1) is 0 Å². The third kappa shape index (κ3) is 2.73. The van der Waals surface area contributed by atoms with Gasteiger partial charge in [-0.2, -0.15) is 0 Å². The lowest BCUT2D eigenvalue weighted by atomic mass is 10.0. The molecule has 0 amide bonds. The molecule has 16 heavy (non-hydrogen) atoms. The van der Waals surface area contributed by atoms with Crippen molar-refractivity contribution in [1.29, 1.82) is 0 Å². The number of hydrogen-bond acceptors (Lipinski definition) is 5. The summed E-state index contributed by atoms with van der Waals surface area (Å²) in [4.78, 5) is 22.5. The molecule has 5 heteroatoms. The van der Waals surface area contributed by atoms with Crippen molar-refractivity contribution in [3.05, 3.63) is 29.3 Å². The lowest BCUT2D eigenvalue weighted by Crippen LogP contribution is -2.11. The minimum absolute atomic E-state index is 0.0217. The summed E-state index contributed by atoms with van der Waals surface area (Å²) in [6, 6.07) is 4.09. The number of hydrogen-bond donors (Lipinski definition) is 1. The van der Waals surface area contributed by atoms with Crippen molar-refractivity contribution < 1.29 is 24.2 Å². The smallest absolute Gasteiger partial charge is 0.338 e. The highest BCUT2D eigenvalue weighted by molar-refractivity contribution is 5.92. The minimum Gasteiger partial charge on any atom is -0.508 e. The van der Waals surface area contributed by atoms with Gasteiger partial charge in [0, 0.05) is 0 Å². The Bertz CT molecular complexity index is 411. The largest absolute Gasteiger partial charge is 0.508 e. The molecule has 0 heterocycles. The molecule has 0 aliphatic heterocycles. The Morgan fingerprint density at radius 3 is 2.50 bits per heavy atom. The Morgan fingerprint density at radius 2 is 1.94 bits per heavy atom. The number of rotatable bonds is 3. The number of esters is 2. The molecule has 0 saturated heterocycles. The molecule has 1 N–H and O–H groups in total. The highest BCUT2D eigenvalue weighted by Gasteiger charge is 2.15. The first-order chi connectivity index (χ1) is 7.58. The van der Waals surface area contributed by atoms with Gasteiger partial charge in [0.25, 0.3) is 0 Å². The average Bonchev–Trinajstić information content (AvgIpc) is 2.28. The molecular weight excluding hydrogens is 212 g/mol. The van der Waals surface area contributed by atoms with Gasteiger partial charge in [0.05, 0.1) is 26.2 Å². The molecule has 0 saturated carbocycles. The van der Waals surface area contributed by atoms with E-state index in [-0.39, 0.29) is 17.7 Å². The zero-order valence-corrected chi connectivity index (χ0v) is 9.02. The fraction of sp³-hybridized carbons (Fsp3) is 0.273. The molecule has 0 radical (unpaired) electrons. The first-order valence-corrected chi connectivity index (χ1v) is 4.55. The Labute approximate surface area is 92.6 Å². The Balaban J connectivity index is 3.08. The first kappa shape index (κ1) is 12.0. The quantitative estimate of drug-likeness (QED) is 0.772. The monoisotopic (exact) mass is 224 g/mol. The van der Waals surface area contributed by atoms with Gasteiger partial charge in [-0.1, -0.05) is 0 Å². The number of carbonyl (C=O) groups excluding carboxylic acids is 2. The number of phenolic OH excluding ortho intramolecular Hbond substituents is 1. The van der Waals surface area contributed by atoms with Crippen molar-refractivity contribution in [3.8, 4) is 5.75 Å². The van der Waals surface area contributed by atoms with Gasteiger partial charge in [-0.05, 0) is 23.8 Å². The normalized spacial score (nSPS) is 9.62. The topological polar surface area (TPSA) is 72.8 Å². The van der Waals surface area contributed by atoms with Crippen molar-refractivity contribution in [3.63, 3.8) is 0 Å². The maximum atomic E-state index is 11.4. The second-order valence-corrected chi connectivity index (χ2v) is 3.09. The second kappa shape index (κ2) is 5.16. The third-order valence-electron chi connectivity index (χ3n) is 2.06. The van der Waals surface area contributed by atoms with Crippen molar-refractivity contribution in [2.75, 3.05) is 14.2 Å². The number of phenols is 1. The Hall–Kier alpha value is -2.04. The lowest BCUT2D eigenvalue weighted by molar-refractivity contribution is -0.139. The van der Waals surface area contributed by atoms with Crippen LogP contribution >= 0.6 is 0 Å². The zero-order valence-electron chi connectivity index (χ0n) is 9.02. The van der Waals surface area contributed by atoms with Crippen LogP contribution in [0.1, 0.15) is 15.9 Å². The van der Waals surface area contributed by atoms with Crippen LogP contribution in [0.3, 0.4) is 0 Å². The van der Waals surface area contributed by atoms with E-state index in [0.29, 0.717) is 5.56 Å². The molecule has 1 aromatic carbocycles. The van der Waals surface area contributed by atoms with E-state index in [0.717, 1.165) is 0 Å². The molecule has 0 bridgehead atoms. The van der Waals surface area contributed by atoms with Crippen LogP contribution in [0.15, 0.2) is 18.2 Å². The van der Waals surface area contributed by atoms with Crippen LogP contribution in [0.25, 0.3) is 0 Å². The fourth-order valence-corrected chi connectivity index (χ4v) is 1.26. The van der Waals surface area contributed by atoms with Gasteiger partial charge in [0.15, 0.2) is 0 Å².